The number of anilines is 1. The van der Waals surface area contributed by atoms with Crippen molar-refractivity contribution in [3.63, 3.8) is 0 Å². The van der Waals surface area contributed by atoms with Crippen LogP contribution >= 0.6 is 0 Å². The molecule has 1 unspecified atom stereocenters. The van der Waals surface area contributed by atoms with Crippen LogP contribution < -0.4 is 9.64 Å². The molecule has 4 rings (SSSR count). The van der Waals surface area contributed by atoms with Crippen molar-refractivity contribution in [3.8, 4) is 5.75 Å². The van der Waals surface area contributed by atoms with Crippen molar-refractivity contribution in [1.29, 1.82) is 0 Å². The maximum atomic E-state index is 13.3. The Hall–Kier alpha value is -3.03. The summed E-state index contributed by atoms with van der Waals surface area (Å²) in [4.78, 5) is 31.1. The molecule has 0 radical (unpaired) electrons. The Balaban J connectivity index is 1.40. The third kappa shape index (κ3) is 4.58. The van der Waals surface area contributed by atoms with E-state index in [9.17, 15) is 18.4 Å². The molecule has 2 fully saturated rings. The number of carbonyl (C=O) groups excluding carboxylic acids is 2. The van der Waals surface area contributed by atoms with Crippen LogP contribution in [0.15, 0.2) is 42.6 Å². The van der Waals surface area contributed by atoms with Gasteiger partial charge in [-0.3, -0.25) is 4.79 Å². The smallest absolute Gasteiger partial charge is 0.410 e. The van der Waals surface area contributed by atoms with E-state index in [1.807, 2.05) is 0 Å². The number of likely N-dealkylation sites (tertiary alicyclic amines) is 1. The third-order valence-electron chi connectivity index (χ3n) is 5.85. The van der Waals surface area contributed by atoms with Crippen molar-refractivity contribution in [1.82, 2.24) is 9.88 Å². The van der Waals surface area contributed by atoms with E-state index in [2.05, 4.69) is 4.98 Å². The first-order chi connectivity index (χ1) is 14.5. The summed E-state index contributed by atoms with van der Waals surface area (Å²) >= 11 is 0. The molecule has 2 aliphatic rings. The number of hydrogen-bond donors (Lipinski definition) is 0. The first kappa shape index (κ1) is 20.3. The zero-order chi connectivity index (χ0) is 21.1. The van der Waals surface area contributed by atoms with Crippen molar-refractivity contribution in [3.05, 3.63) is 54.4 Å². The SMILES string of the molecule is O=CN(c1ccc(F)cc1)C(C1CC1)C1CCN(C(=O)Oc2ccnc(F)c2)CC1. The third-order valence-corrected chi connectivity index (χ3v) is 5.85. The Labute approximate surface area is 173 Å². The van der Waals surface area contributed by atoms with Crippen LogP contribution in [0.2, 0.25) is 0 Å². The van der Waals surface area contributed by atoms with Crippen LogP contribution in [-0.4, -0.2) is 41.5 Å². The van der Waals surface area contributed by atoms with E-state index in [0.717, 1.165) is 38.2 Å². The van der Waals surface area contributed by atoms with Crippen molar-refractivity contribution in [2.24, 2.45) is 11.8 Å². The summed E-state index contributed by atoms with van der Waals surface area (Å²) in [7, 11) is 0. The molecule has 0 N–H and O–H groups in total. The number of aromatic nitrogens is 1. The van der Waals surface area contributed by atoms with Crippen LogP contribution in [0.5, 0.6) is 5.75 Å². The molecular weight excluding hydrogens is 392 g/mol. The highest BCUT2D eigenvalue weighted by Gasteiger charge is 2.42. The van der Waals surface area contributed by atoms with Gasteiger partial charge >= 0.3 is 6.09 Å². The molecule has 30 heavy (non-hydrogen) atoms. The fourth-order valence-electron chi connectivity index (χ4n) is 4.23. The van der Waals surface area contributed by atoms with E-state index in [4.69, 9.17) is 4.74 Å². The summed E-state index contributed by atoms with van der Waals surface area (Å²) in [5, 5.41) is 0. The summed E-state index contributed by atoms with van der Waals surface area (Å²) in [6, 6.07) is 8.49. The number of halogens is 2. The van der Waals surface area contributed by atoms with E-state index >= 15 is 0 Å². The molecule has 2 amide bonds. The molecule has 8 heteroatoms. The molecule has 1 atom stereocenters. The fraction of sp³-hybridized carbons (Fsp3) is 0.409. The van der Waals surface area contributed by atoms with E-state index in [-0.39, 0.29) is 23.5 Å². The fourth-order valence-corrected chi connectivity index (χ4v) is 4.23. The van der Waals surface area contributed by atoms with Crippen molar-refractivity contribution in [2.45, 2.75) is 31.7 Å². The van der Waals surface area contributed by atoms with Crippen LogP contribution in [0.3, 0.4) is 0 Å². The standard InChI is InChI=1S/C22H23F2N3O3/c23-17-3-5-18(6-4-17)27(14-28)21(15-1-2-15)16-8-11-26(12-9-16)22(29)30-19-7-10-25-20(24)13-19/h3-7,10,13-16,21H,1-2,8-9,11-12H2. The molecular formula is C22H23F2N3O3. The molecule has 1 saturated heterocycles. The zero-order valence-corrected chi connectivity index (χ0v) is 16.4. The normalized spacial score (nSPS) is 18.0. The van der Waals surface area contributed by atoms with Gasteiger partial charge in [-0.05, 0) is 67.9 Å². The van der Waals surface area contributed by atoms with Gasteiger partial charge in [-0.15, -0.1) is 0 Å². The van der Waals surface area contributed by atoms with Gasteiger partial charge in [-0.1, -0.05) is 0 Å². The highest BCUT2D eigenvalue weighted by Crippen LogP contribution is 2.42. The van der Waals surface area contributed by atoms with Crippen LogP contribution in [0.1, 0.15) is 25.7 Å². The predicted octanol–water partition coefficient (Wildman–Crippen LogP) is 4.01. The molecule has 6 nitrogen and oxygen atoms in total. The second kappa shape index (κ2) is 8.77. The number of ether oxygens (including phenoxy) is 1. The number of rotatable bonds is 6. The van der Waals surface area contributed by atoms with Crippen molar-refractivity contribution >= 4 is 18.2 Å². The zero-order valence-electron chi connectivity index (χ0n) is 16.4. The summed E-state index contributed by atoms with van der Waals surface area (Å²) in [6.45, 7) is 0.993. The lowest BCUT2D eigenvalue weighted by atomic mass is 9.85. The minimum Gasteiger partial charge on any atom is -0.410 e. The van der Waals surface area contributed by atoms with Gasteiger partial charge < -0.3 is 14.5 Å². The molecule has 0 bridgehead atoms. The Morgan fingerprint density at radius 1 is 1.10 bits per heavy atom. The van der Waals surface area contributed by atoms with E-state index in [1.54, 1.807) is 21.9 Å². The number of carbonyl (C=O) groups is 2. The molecule has 1 saturated carbocycles. The maximum absolute atomic E-state index is 13.3. The number of amides is 2. The van der Waals surface area contributed by atoms with Gasteiger partial charge in [0.15, 0.2) is 0 Å². The Morgan fingerprint density at radius 3 is 2.37 bits per heavy atom. The number of hydrogen-bond acceptors (Lipinski definition) is 4. The van der Waals surface area contributed by atoms with E-state index < -0.39 is 12.0 Å². The molecule has 2 aromatic rings. The summed E-state index contributed by atoms with van der Waals surface area (Å²) < 4.78 is 31.7. The van der Waals surface area contributed by atoms with E-state index in [1.165, 1.54) is 24.4 Å². The van der Waals surface area contributed by atoms with Crippen LogP contribution in [0.4, 0.5) is 19.3 Å². The van der Waals surface area contributed by atoms with Gasteiger partial charge in [0.05, 0.1) is 0 Å². The quantitative estimate of drug-likeness (QED) is 0.528. The second-order valence-corrected chi connectivity index (χ2v) is 7.82. The average molecular weight is 415 g/mol. The lowest BCUT2D eigenvalue weighted by Crippen LogP contribution is -2.48. The molecule has 1 aromatic carbocycles. The number of pyridine rings is 1. The Bertz CT molecular complexity index is 897. The second-order valence-electron chi connectivity index (χ2n) is 7.82. The number of nitrogens with zero attached hydrogens (tertiary/aromatic N) is 3. The largest absolute Gasteiger partial charge is 0.415 e. The number of piperidine rings is 1. The highest BCUT2D eigenvalue weighted by molar-refractivity contribution is 5.76. The van der Waals surface area contributed by atoms with Gasteiger partial charge in [0.1, 0.15) is 11.6 Å². The number of benzene rings is 1. The van der Waals surface area contributed by atoms with Crippen LogP contribution in [0, 0.1) is 23.6 Å². The highest BCUT2D eigenvalue weighted by atomic mass is 19.1. The monoisotopic (exact) mass is 415 g/mol. The molecule has 158 valence electrons. The van der Waals surface area contributed by atoms with Gasteiger partial charge in [0.25, 0.3) is 0 Å². The van der Waals surface area contributed by atoms with Crippen molar-refractivity contribution in [2.75, 3.05) is 18.0 Å². The maximum Gasteiger partial charge on any atom is 0.415 e. The minimum atomic E-state index is -0.707. The summed E-state index contributed by atoms with van der Waals surface area (Å²) in [5.41, 5.74) is 0.685. The van der Waals surface area contributed by atoms with Gasteiger partial charge in [-0.25, -0.2) is 14.2 Å². The summed E-state index contributed by atoms with van der Waals surface area (Å²) in [6.07, 6.45) is 5.13. The van der Waals surface area contributed by atoms with Crippen LogP contribution in [-0.2, 0) is 4.79 Å². The van der Waals surface area contributed by atoms with Gasteiger partial charge in [0, 0.05) is 37.1 Å². The molecule has 0 spiro atoms. The minimum absolute atomic E-state index is 0.0282. The van der Waals surface area contributed by atoms with Gasteiger partial charge in [0.2, 0.25) is 12.4 Å². The molecule has 1 aromatic heterocycles. The summed E-state index contributed by atoms with van der Waals surface area (Å²) in [5.74, 6) is -0.276. The lowest BCUT2D eigenvalue weighted by molar-refractivity contribution is -0.108. The first-order valence-electron chi connectivity index (χ1n) is 10.1. The molecule has 2 heterocycles. The van der Waals surface area contributed by atoms with Crippen LogP contribution in [0.25, 0.3) is 0 Å². The predicted molar refractivity (Wildman–Crippen MR) is 106 cm³/mol. The topological polar surface area (TPSA) is 62.7 Å². The molecule has 1 aliphatic heterocycles. The molecule has 1 aliphatic carbocycles. The van der Waals surface area contributed by atoms with E-state index in [0.29, 0.717) is 24.7 Å². The Kier molecular flexibility index (Phi) is 5.92. The Morgan fingerprint density at radius 2 is 1.77 bits per heavy atom. The first-order valence-corrected chi connectivity index (χ1v) is 10.1. The van der Waals surface area contributed by atoms with Crippen molar-refractivity contribution < 1.29 is 23.1 Å². The van der Waals surface area contributed by atoms with Gasteiger partial charge in [-0.2, -0.15) is 4.39 Å². The average Bonchev–Trinajstić information content (AvgIpc) is 3.58. The lowest BCUT2D eigenvalue weighted by Gasteiger charge is -2.40.